The molecule has 0 amide bonds. The van der Waals surface area contributed by atoms with E-state index in [1.807, 2.05) is 9.58 Å². The summed E-state index contributed by atoms with van der Waals surface area (Å²) in [5, 5.41) is 15.2. The SMILES string of the molecule is O=[N+]([O-])c1cc(F)ccc1N1CCC(n2cncn2)CC1. The predicted molar refractivity (Wildman–Crippen MR) is 73.6 cm³/mol. The van der Waals surface area contributed by atoms with Crippen LogP contribution in [0.1, 0.15) is 18.9 Å². The molecule has 0 bridgehead atoms. The van der Waals surface area contributed by atoms with Gasteiger partial charge in [-0.15, -0.1) is 0 Å². The molecule has 1 aliphatic heterocycles. The summed E-state index contributed by atoms with van der Waals surface area (Å²) in [6.07, 6.45) is 4.81. The number of aromatic nitrogens is 3. The first-order valence-corrected chi connectivity index (χ1v) is 6.68. The van der Waals surface area contributed by atoms with Crippen molar-refractivity contribution in [3.63, 3.8) is 0 Å². The highest BCUT2D eigenvalue weighted by atomic mass is 19.1. The Morgan fingerprint density at radius 3 is 2.71 bits per heavy atom. The summed E-state index contributed by atoms with van der Waals surface area (Å²) in [6, 6.07) is 3.96. The number of benzene rings is 1. The van der Waals surface area contributed by atoms with Crippen LogP contribution in [0.2, 0.25) is 0 Å². The van der Waals surface area contributed by atoms with Crippen LogP contribution in [-0.4, -0.2) is 32.8 Å². The summed E-state index contributed by atoms with van der Waals surface area (Å²) in [6.45, 7) is 1.33. The highest BCUT2D eigenvalue weighted by Gasteiger charge is 2.26. The summed E-state index contributed by atoms with van der Waals surface area (Å²) in [7, 11) is 0. The molecule has 0 radical (unpaired) electrons. The van der Waals surface area contributed by atoms with E-state index in [2.05, 4.69) is 10.1 Å². The van der Waals surface area contributed by atoms with E-state index < -0.39 is 10.7 Å². The molecule has 0 unspecified atom stereocenters. The molecule has 7 nitrogen and oxygen atoms in total. The van der Waals surface area contributed by atoms with Crippen LogP contribution in [0.5, 0.6) is 0 Å². The van der Waals surface area contributed by atoms with Crippen molar-refractivity contribution in [1.29, 1.82) is 0 Å². The molecule has 3 rings (SSSR count). The maximum absolute atomic E-state index is 13.2. The van der Waals surface area contributed by atoms with Crippen molar-refractivity contribution in [2.45, 2.75) is 18.9 Å². The van der Waals surface area contributed by atoms with Crippen molar-refractivity contribution < 1.29 is 9.31 Å². The molecule has 0 atom stereocenters. The number of nitro groups is 1. The van der Waals surface area contributed by atoms with Crippen LogP contribution >= 0.6 is 0 Å². The van der Waals surface area contributed by atoms with Crippen molar-refractivity contribution in [2.75, 3.05) is 18.0 Å². The van der Waals surface area contributed by atoms with Gasteiger partial charge in [-0.2, -0.15) is 5.10 Å². The molecule has 8 heteroatoms. The summed E-state index contributed by atoms with van der Waals surface area (Å²) >= 11 is 0. The lowest BCUT2D eigenvalue weighted by atomic mass is 10.0. The van der Waals surface area contributed by atoms with Gasteiger partial charge in [0.1, 0.15) is 24.2 Å². The molecule has 110 valence electrons. The Hall–Kier alpha value is -2.51. The molecule has 2 heterocycles. The number of rotatable bonds is 3. The minimum atomic E-state index is -0.594. The summed E-state index contributed by atoms with van der Waals surface area (Å²) < 4.78 is 15.0. The van der Waals surface area contributed by atoms with Crippen molar-refractivity contribution in [3.8, 4) is 0 Å². The topological polar surface area (TPSA) is 77.1 Å². The number of halogens is 1. The third-order valence-electron chi connectivity index (χ3n) is 3.75. The standard InChI is InChI=1S/C13H14FN5O2/c14-10-1-2-12(13(7-10)19(20)21)17-5-3-11(4-6-17)18-9-15-8-16-18/h1-2,7-9,11H,3-6H2. The second kappa shape index (κ2) is 5.47. The summed E-state index contributed by atoms with van der Waals surface area (Å²) in [5.74, 6) is -0.594. The molecule has 2 aromatic rings. The highest BCUT2D eigenvalue weighted by molar-refractivity contribution is 5.63. The van der Waals surface area contributed by atoms with Gasteiger partial charge in [0.2, 0.25) is 0 Å². The molecule has 0 aliphatic carbocycles. The monoisotopic (exact) mass is 291 g/mol. The van der Waals surface area contributed by atoms with E-state index in [0.29, 0.717) is 18.8 Å². The third kappa shape index (κ3) is 2.69. The van der Waals surface area contributed by atoms with E-state index in [9.17, 15) is 14.5 Å². The lowest BCUT2D eigenvalue weighted by Gasteiger charge is -2.33. The van der Waals surface area contributed by atoms with E-state index in [1.165, 1.54) is 18.5 Å². The van der Waals surface area contributed by atoms with Crippen LogP contribution in [0.4, 0.5) is 15.8 Å². The number of nitro benzene ring substituents is 1. The first-order valence-electron chi connectivity index (χ1n) is 6.68. The van der Waals surface area contributed by atoms with Crippen molar-refractivity contribution in [2.24, 2.45) is 0 Å². The molecular formula is C13H14FN5O2. The van der Waals surface area contributed by atoms with Gasteiger partial charge >= 0.3 is 0 Å². The Morgan fingerprint density at radius 1 is 1.33 bits per heavy atom. The quantitative estimate of drug-likeness (QED) is 0.639. The van der Waals surface area contributed by atoms with Gasteiger partial charge in [0.15, 0.2) is 0 Å². The van der Waals surface area contributed by atoms with E-state index in [4.69, 9.17) is 0 Å². The molecular weight excluding hydrogens is 277 g/mol. The molecule has 1 aliphatic rings. The minimum absolute atomic E-state index is 0.186. The predicted octanol–water partition coefficient (Wildman–Crippen LogP) is 2.17. The Bertz CT molecular complexity index is 638. The molecule has 1 aromatic carbocycles. The molecule has 1 fully saturated rings. The smallest absolute Gasteiger partial charge is 0.295 e. The third-order valence-corrected chi connectivity index (χ3v) is 3.75. The fourth-order valence-electron chi connectivity index (χ4n) is 2.69. The molecule has 0 spiro atoms. The summed E-state index contributed by atoms with van der Waals surface area (Å²) in [5.41, 5.74) is 0.285. The zero-order chi connectivity index (χ0) is 14.8. The molecule has 0 N–H and O–H groups in total. The van der Waals surface area contributed by atoms with Crippen LogP contribution in [0.25, 0.3) is 0 Å². The molecule has 1 aromatic heterocycles. The van der Waals surface area contributed by atoms with E-state index in [-0.39, 0.29) is 11.7 Å². The Morgan fingerprint density at radius 2 is 2.10 bits per heavy atom. The van der Waals surface area contributed by atoms with Gasteiger partial charge in [-0.05, 0) is 25.0 Å². The maximum atomic E-state index is 13.2. The average molecular weight is 291 g/mol. The van der Waals surface area contributed by atoms with Gasteiger partial charge in [0.05, 0.1) is 17.0 Å². The Kier molecular flexibility index (Phi) is 3.51. The normalized spacial score (nSPS) is 16.1. The number of hydrogen-bond donors (Lipinski definition) is 0. The first-order chi connectivity index (χ1) is 10.1. The largest absolute Gasteiger partial charge is 0.366 e. The van der Waals surface area contributed by atoms with Gasteiger partial charge in [-0.25, -0.2) is 14.1 Å². The molecule has 21 heavy (non-hydrogen) atoms. The van der Waals surface area contributed by atoms with Crippen LogP contribution in [-0.2, 0) is 0 Å². The second-order valence-electron chi connectivity index (χ2n) is 4.98. The van der Waals surface area contributed by atoms with E-state index in [0.717, 1.165) is 18.9 Å². The van der Waals surface area contributed by atoms with Crippen molar-refractivity contribution >= 4 is 11.4 Å². The van der Waals surface area contributed by atoms with E-state index in [1.54, 1.807) is 6.33 Å². The van der Waals surface area contributed by atoms with Gasteiger partial charge in [-0.3, -0.25) is 10.1 Å². The number of nitrogens with zero attached hydrogens (tertiary/aromatic N) is 5. The molecule has 0 saturated carbocycles. The molecule has 1 saturated heterocycles. The Labute approximate surface area is 120 Å². The number of piperidine rings is 1. The second-order valence-corrected chi connectivity index (χ2v) is 4.98. The zero-order valence-electron chi connectivity index (χ0n) is 11.2. The van der Waals surface area contributed by atoms with Crippen LogP contribution in [0.15, 0.2) is 30.9 Å². The van der Waals surface area contributed by atoms with Gasteiger partial charge < -0.3 is 4.90 Å². The van der Waals surface area contributed by atoms with Gasteiger partial charge in [-0.1, -0.05) is 0 Å². The fourth-order valence-corrected chi connectivity index (χ4v) is 2.69. The fraction of sp³-hybridized carbons (Fsp3) is 0.385. The van der Waals surface area contributed by atoms with E-state index >= 15 is 0 Å². The number of hydrogen-bond acceptors (Lipinski definition) is 5. The van der Waals surface area contributed by atoms with Crippen LogP contribution < -0.4 is 4.90 Å². The first kappa shape index (κ1) is 13.5. The zero-order valence-corrected chi connectivity index (χ0v) is 11.2. The van der Waals surface area contributed by atoms with Crippen LogP contribution in [0, 0.1) is 15.9 Å². The minimum Gasteiger partial charge on any atom is -0.366 e. The Balaban J connectivity index is 1.76. The maximum Gasteiger partial charge on any atom is 0.295 e. The van der Waals surface area contributed by atoms with Crippen molar-refractivity contribution in [1.82, 2.24) is 14.8 Å². The average Bonchev–Trinajstić information content (AvgIpc) is 3.01. The van der Waals surface area contributed by atoms with Gasteiger partial charge in [0.25, 0.3) is 5.69 Å². The van der Waals surface area contributed by atoms with Crippen molar-refractivity contribution in [3.05, 3.63) is 46.8 Å². The lowest BCUT2D eigenvalue weighted by Crippen LogP contribution is -2.35. The highest BCUT2D eigenvalue weighted by Crippen LogP contribution is 2.32. The van der Waals surface area contributed by atoms with Gasteiger partial charge in [0, 0.05) is 13.1 Å². The summed E-state index contributed by atoms with van der Waals surface area (Å²) in [4.78, 5) is 16.4. The lowest BCUT2D eigenvalue weighted by molar-refractivity contribution is -0.384. The van der Waals surface area contributed by atoms with Crippen LogP contribution in [0.3, 0.4) is 0 Å². The number of anilines is 1.